The zero-order valence-electron chi connectivity index (χ0n) is 30.0. The summed E-state index contributed by atoms with van der Waals surface area (Å²) >= 11 is 0. The molecule has 276 valence electrons. The van der Waals surface area contributed by atoms with Gasteiger partial charge in [0.05, 0.1) is 0 Å². The van der Waals surface area contributed by atoms with E-state index in [1.54, 1.807) is 66.7 Å². The van der Waals surface area contributed by atoms with Crippen LogP contribution in [-0.4, -0.2) is 23.8 Å². The van der Waals surface area contributed by atoms with Crippen molar-refractivity contribution in [2.75, 3.05) is 0 Å². The third-order valence-electron chi connectivity index (χ3n) is 8.84. The molecule has 5 aromatic carbocycles. The molecule has 0 aliphatic carbocycles. The molecule has 4 aliphatic heterocycles. The summed E-state index contributed by atoms with van der Waals surface area (Å²) in [5, 5.41) is 7.84. The van der Waals surface area contributed by atoms with E-state index in [2.05, 4.69) is 10.6 Å². The molecule has 0 aromatic heterocycles. The van der Waals surface area contributed by atoms with Gasteiger partial charge in [-0.25, -0.2) is 0 Å². The summed E-state index contributed by atoms with van der Waals surface area (Å²) in [6.07, 6.45) is 5.87. The lowest BCUT2D eigenvalue weighted by Gasteiger charge is -2.20. The van der Waals surface area contributed by atoms with E-state index in [9.17, 15) is 19.2 Å². The molecular formula is C44H43N2O7P. The Morgan fingerprint density at radius 2 is 0.889 bits per heavy atom. The fourth-order valence-corrected chi connectivity index (χ4v) is 7.64. The molecule has 0 unspecified atom stereocenters. The molecule has 9 nitrogen and oxygen atoms in total. The van der Waals surface area contributed by atoms with Crippen LogP contribution in [0.15, 0.2) is 127 Å². The molecule has 9 rings (SSSR count). The number of hydrogen-bond donors (Lipinski definition) is 2. The van der Waals surface area contributed by atoms with Crippen molar-refractivity contribution in [1.82, 2.24) is 10.6 Å². The highest BCUT2D eigenvalue weighted by Crippen LogP contribution is 2.37. The van der Waals surface area contributed by atoms with Gasteiger partial charge in [-0.1, -0.05) is 111 Å². The molecule has 0 spiro atoms. The standard InChI is InChI=1S/C44H43N2O7P/c47-41-17-11-3-1-2-4-12-18-42(48)52-37-25-21-33(22-26-37)31-46-44(50)35-27-34(43(49)45-30-32-19-23-36(51-41)24-20-32)28-38(29-35)53-54(39-13-7-5-8-14-39)40-15-9-6-10-16-40/h5-10,13-16,19-29H,1-4,11-12,17-18,30-31H2,(H,45,49)(H,46,50). The minimum atomic E-state index is -1.34. The molecule has 5 aromatic rings. The van der Waals surface area contributed by atoms with E-state index in [0.717, 1.165) is 60.3 Å². The minimum absolute atomic E-state index is 0.214. The number of rotatable bonds is 4. The van der Waals surface area contributed by atoms with Crippen LogP contribution >= 0.6 is 8.15 Å². The summed E-state index contributed by atoms with van der Waals surface area (Å²) in [4.78, 5) is 52.1. The second kappa shape index (κ2) is 19.3. The van der Waals surface area contributed by atoms with E-state index < -0.39 is 8.15 Å². The molecule has 0 saturated carbocycles. The highest BCUT2D eigenvalue weighted by atomic mass is 31.1. The molecule has 54 heavy (non-hydrogen) atoms. The van der Waals surface area contributed by atoms with Crippen molar-refractivity contribution in [1.29, 1.82) is 0 Å². The van der Waals surface area contributed by atoms with Gasteiger partial charge in [-0.05, 0) is 66.4 Å². The molecule has 10 heteroatoms. The molecule has 6 bridgehead atoms. The Bertz CT molecular complexity index is 1880. The first-order valence-corrected chi connectivity index (χ1v) is 19.5. The lowest BCUT2D eigenvalue weighted by molar-refractivity contribution is -0.135. The lowest BCUT2D eigenvalue weighted by Crippen LogP contribution is -2.25. The van der Waals surface area contributed by atoms with Crippen molar-refractivity contribution in [3.8, 4) is 17.2 Å². The molecule has 0 saturated heterocycles. The third-order valence-corrected chi connectivity index (χ3v) is 10.8. The number of benzene rings is 5. The summed E-state index contributed by atoms with van der Waals surface area (Å²) in [6, 6.07) is 38.6. The molecule has 4 aliphatic rings. The zero-order chi connectivity index (χ0) is 37.5. The second-order valence-corrected chi connectivity index (χ2v) is 14.8. The summed E-state index contributed by atoms with van der Waals surface area (Å²) in [6.45, 7) is 0.428. The van der Waals surface area contributed by atoms with E-state index in [0.29, 0.717) is 30.1 Å². The van der Waals surface area contributed by atoms with Gasteiger partial charge < -0.3 is 24.6 Å². The number of carbonyl (C=O) groups is 4. The van der Waals surface area contributed by atoms with Crippen LogP contribution in [0, 0.1) is 0 Å². The van der Waals surface area contributed by atoms with E-state index in [1.807, 2.05) is 60.7 Å². The molecule has 0 atom stereocenters. The molecule has 0 fully saturated rings. The van der Waals surface area contributed by atoms with Crippen molar-refractivity contribution in [3.05, 3.63) is 150 Å². The van der Waals surface area contributed by atoms with Gasteiger partial charge in [-0.15, -0.1) is 0 Å². The summed E-state index contributed by atoms with van der Waals surface area (Å²) in [5.74, 6) is -0.100. The fourth-order valence-electron chi connectivity index (χ4n) is 5.93. The van der Waals surface area contributed by atoms with E-state index >= 15 is 0 Å². The van der Waals surface area contributed by atoms with E-state index in [4.69, 9.17) is 14.0 Å². The maximum Gasteiger partial charge on any atom is 0.311 e. The molecule has 2 amide bonds. The van der Waals surface area contributed by atoms with Crippen LogP contribution in [0.25, 0.3) is 0 Å². The van der Waals surface area contributed by atoms with Gasteiger partial charge in [0, 0.05) is 47.7 Å². The van der Waals surface area contributed by atoms with Gasteiger partial charge in [-0.3, -0.25) is 19.2 Å². The van der Waals surface area contributed by atoms with Gasteiger partial charge in [0.15, 0.2) is 8.15 Å². The highest BCUT2D eigenvalue weighted by Gasteiger charge is 2.20. The third kappa shape index (κ3) is 11.4. The zero-order valence-corrected chi connectivity index (χ0v) is 30.9. The van der Waals surface area contributed by atoms with Crippen LogP contribution in [-0.2, 0) is 22.7 Å². The molecule has 2 N–H and O–H groups in total. The number of esters is 2. The summed E-state index contributed by atoms with van der Waals surface area (Å²) < 4.78 is 17.7. The Morgan fingerprint density at radius 1 is 0.481 bits per heavy atom. The Labute approximate surface area is 316 Å². The number of amides is 2. The maximum absolute atomic E-state index is 13.6. The van der Waals surface area contributed by atoms with Crippen LogP contribution in [0.5, 0.6) is 17.2 Å². The number of carbonyl (C=O) groups excluding carboxylic acids is 4. The first kappa shape index (κ1) is 38.0. The number of nitrogens with one attached hydrogen (secondary N) is 2. The topological polar surface area (TPSA) is 120 Å². The van der Waals surface area contributed by atoms with Crippen LogP contribution in [0.2, 0.25) is 0 Å². The first-order valence-electron chi connectivity index (χ1n) is 18.3. The second-order valence-electron chi connectivity index (χ2n) is 13.0. The van der Waals surface area contributed by atoms with Gasteiger partial charge in [0.2, 0.25) is 0 Å². The van der Waals surface area contributed by atoms with E-state index in [-0.39, 0.29) is 48.0 Å². The highest BCUT2D eigenvalue weighted by molar-refractivity contribution is 7.68. The van der Waals surface area contributed by atoms with Crippen molar-refractivity contribution in [3.63, 3.8) is 0 Å². The predicted octanol–water partition coefficient (Wildman–Crippen LogP) is 7.92. The van der Waals surface area contributed by atoms with Gasteiger partial charge in [-0.2, -0.15) is 0 Å². The Morgan fingerprint density at radius 3 is 1.31 bits per heavy atom. The maximum atomic E-state index is 13.6. The average molecular weight is 743 g/mol. The van der Waals surface area contributed by atoms with Crippen LogP contribution in [0.3, 0.4) is 0 Å². The first-order chi connectivity index (χ1) is 26.4. The van der Waals surface area contributed by atoms with Crippen molar-refractivity contribution in [2.45, 2.75) is 64.5 Å². The lowest BCUT2D eigenvalue weighted by atomic mass is 10.1. The fraction of sp³-hybridized carbons (Fsp3) is 0.227. The Hall–Kier alpha value is -5.79. The van der Waals surface area contributed by atoms with Crippen molar-refractivity contribution >= 4 is 42.5 Å². The number of hydrogen-bond acceptors (Lipinski definition) is 7. The Balaban J connectivity index is 1.24. The van der Waals surface area contributed by atoms with E-state index in [1.165, 1.54) is 0 Å². The molecule has 4 heterocycles. The van der Waals surface area contributed by atoms with Gasteiger partial charge in [0.1, 0.15) is 17.2 Å². The SMILES string of the molecule is O=C1CCCCCCCCC(=O)Oc2ccc(cc2)CNC(=O)c2cc(OP(c3ccccc3)c3ccccc3)cc(c2)C(=O)NCc2ccc(cc2)O1. The quantitative estimate of drug-likeness (QED) is 0.109. The number of ether oxygens (including phenoxy) is 2. The van der Waals surface area contributed by atoms with Gasteiger partial charge in [0.25, 0.3) is 11.8 Å². The molecular weight excluding hydrogens is 699 g/mol. The van der Waals surface area contributed by atoms with Crippen LogP contribution in [0.1, 0.15) is 83.2 Å². The molecule has 0 radical (unpaired) electrons. The predicted molar refractivity (Wildman–Crippen MR) is 210 cm³/mol. The van der Waals surface area contributed by atoms with Crippen LogP contribution < -0.4 is 35.2 Å². The average Bonchev–Trinajstić information content (AvgIpc) is 3.20. The Kier molecular flexibility index (Phi) is 13.6. The van der Waals surface area contributed by atoms with Gasteiger partial charge >= 0.3 is 11.9 Å². The normalized spacial score (nSPS) is 15.2. The summed E-state index contributed by atoms with van der Waals surface area (Å²) in [5.41, 5.74) is 2.14. The van der Waals surface area contributed by atoms with Crippen molar-refractivity contribution in [2.24, 2.45) is 0 Å². The summed E-state index contributed by atoms with van der Waals surface area (Å²) in [7, 11) is -1.34. The van der Waals surface area contributed by atoms with Crippen LogP contribution in [0.4, 0.5) is 0 Å². The minimum Gasteiger partial charge on any atom is -0.464 e. The largest absolute Gasteiger partial charge is 0.464 e. The smallest absolute Gasteiger partial charge is 0.311 e. The monoisotopic (exact) mass is 742 g/mol. The van der Waals surface area contributed by atoms with Crippen molar-refractivity contribution < 1.29 is 33.2 Å².